The van der Waals surface area contributed by atoms with Gasteiger partial charge in [0.05, 0.1) is 12.2 Å². The van der Waals surface area contributed by atoms with Crippen molar-refractivity contribution in [2.75, 3.05) is 0 Å². The molecule has 0 radical (unpaired) electrons. The summed E-state index contributed by atoms with van der Waals surface area (Å²) in [6, 6.07) is 6.40. The maximum Gasteiger partial charge on any atom is 0.133 e. The lowest BCUT2D eigenvalue weighted by molar-refractivity contribution is 0.281. The minimum absolute atomic E-state index is 0.0842. The molecule has 3 nitrogen and oxygen atoms in total. The zero-order valence-corrected chi connectivity index (χ0v) is 5.78. The van der Waals surface area contributed by atoms with E-state index in [0.717, 1.165) is 0 Å². The second-order valence-electron chi connectivity index (χ2n) is 2.08. The van der Waals surface area contributed by atoms with Crippen molar-refractivity contribution in [3.8, 4) is 11.8 Å². The third kappa shape index (κ3) is 1.31. The Morgan fingerprint density at radius 3 is 2.64 bits per heavy atom. The van der Waals surface area contributed by atoms with Crippen molar-refractivity contribution < 1.29 is 10.2 Å². The van der Waals surface area contributed by atoms with Crippen LogP contribution in [0, 0.1) is 11.3 Å². The van der Waals surface area contributed by atoms with Crippen molar-refractivity contribution in [2.24, 2.45) is 0 Å². The molecule has 11 heavy (non-hydrogen) atoms. The Kier molecular flexibility index (Phi) is 2.09. The van der Waals surface area contributed by atoms with Gasteiger partial charge in [-0.25, -0.2) is 0 Å². The van der Waals surface area contributed by atoms with Crippen LogP contribution in [0.25, 0.3) is 0 Å². The Bertz CT molecular complexity index is 301. The molecule has 2 N–H and O–H groups in total. The maximum absolute atomic E-state index is 9.09. The molecular formula is C8H7NO2. The first-order valence-corrected chi connectivity index (χ1v) is 3.11. The maximum atomic E-state index is 9.09. The topological polar surface area (TPSA) is 64.2 Å². The number of aliphatic hydroxyl groups is 1. The summed E-state index contributed by atoms with van der Waals surface area (Å²) in [5, 5.41) is 26.3. The highest BCUT2D eigenvalue weighted by atomic mass is 16.3. The van der Waals surface area contributed by atoms with E-state index < -0.39 is 0 Å². The fourth-order valence-corrected chi connectivity index (χ4v) is 0.847. The van der Waals surface area contributed by atoms with Gasteiger partial charge < -0.3 is 10.2 Å². The lowest BCUT2D eigenvalue weighted by Gasteiger charge is -1.99. The van der Waals surface area contributed by atoms with Crippen LogP contribution in [0.3, 0.4) is 0 Å². The number of benzene rings is 1. The van der Waals surface area contributed by atoms with Crippen molar-refractivity contribution in [1.82, 2.24) is 0 Å². The van der Waals surface area contributed by atoms with E-state index in [1.807, 2.05) is 0 Å². The highest BCUT2D eigenvalue weighted by Crippen LogP contribution is 2.19. The number of hydrogen-bond acceptors (Lipinski definition) is 3. The van der Waals surface area contributed by atoms with Gasteiger partial charge >= 0.3 is 0 Å². The number of aromatic hydroxyl groups is 1. The normalized spacial score (nSPS) is 9.09. The quantitative estimate of drug-likeness (QED) is 0.619. The van der Waals surface area contributed by atoms with Gasteiger partial charge in [-0.05, 0) is 11.6 Å². The predicted molar refractivity (Wildman–Crippen MR) is 38.7 cm³/mol. The number of nitrogens with zero attached hydrogens (tertiary/aromatic N) is 1. The summed E-state index contributed by atoms with van der Waals surface area (Å²) < 4.78 is 0. The summed E-state index contributed by atoms with van der Waals surface area (Å²) in [5.41, 5.74) is 0.600. The van der Waals surface area contributed by atoms with Gasteiger partial charge in [-0.3, -0.25) is 0 Å². The van der Waals surface area contributed by atoms with Gasteiger partial charge in [0.25, 0.3) is 0 Å². The van der Waals surface area contributed by atoms with Crippen LogP contribution < -0.4 is 0 Å². The number of hydrogen-bond donors (Lipinski definition) is 2. The molecule has 0 aliphatic rings. The summed E-state index contributed by atoms with van der Waals surface area (Å²) in [5.74, 6) is -0.0842. The van der Waals surface area contributed by atoms with Crippen molar-refractivity contribution in [3.63, 3.8) is 0 Å². The van der Waals surface area contributed by atoms with Crippen LogP contribution in [0.4, 0.5) is 0 Å². The summed E-state index contributed by atoms with van der Waals surface area (Å²) in [4.78, 5) is 0. The highest BCUT2D eigenvalue weighted by Gasteiger charge is 2.04. The Morgan fingerprint density at radius 2 is 2.18 bits per heavy atom. The minimum atomic E-state index is -0.225. The average molecular weight is 149 g/mol. The van der Waals surface area contributed by atoms with E-state index in [-0.39, 0.29) is 17.9 Å². The van der Waals surface area contributed by atoms with Crippen LogP contribution >= 0.6 is 0 Å². The van der Waals surface area contributed by atoms with Gasteiger partial charge in [0.15, 0.2) is 0 Å². The van der Waals surface area contributed by atoms with Gasteiger partial charge in [0.2, 0.25) is 0 Å². The first-order chi connectivity index (χ1) is 5.29. The third-order valence-corrected chi connectivity index (χ3v) is 1.41. The van der Waals surface area contributed by atoms with Crippen LogP contribution in [0.1, 0.15) is 11.1 Å². The van der Waals surface area contributed by atoms with Crippen LogP contribution in [0.5, 0.6) is 5.75 Å². The van der Waals surface area contributed by atoms with E-state index in [9.17, 15) is 0 Å². The van der Waals surface area contributed by atoms with E-state index in [1.54, 1.807) is 18.2 Å². The van der Waals surface area contributed by atoms with E-state index in [0.29, 0.717) is 5.56 Å². The van der Waals surface area contributed by atoms with Crippen LogP contribution in [-0.2, 0) is 6.61 Å². The largest absolute Gasteiger partial charge is 0.507 e. The molecule has 0 unspecified atom stereocenters. The van der Waals surface area contributed by atoms with Gasteiger partial charge in [0, 0.05) is 0 Å². The van der Waals surface area contributed by atoms with Crippen molar-refractivity contribution in [2.45, 2.75) is 6.61 Å². The summed E-state index contributed by atoms with van der Waals surface area (Å²) in [6.07, 6.45) is 0. The lowest BCUT2D eigenvalue weighted by atomic mass is 10.1. The van der Waals surface area contributed by atoms with Crippen molar-refractivity contribution >= 4 is 0 Å². The number of nitriles is 1. The first-order valence-electron chi connectivity index (χ1n) is 3.11. The molecule has 1 aromatic carbocycles. The molecule has 0 amide bonds. The molecule has 0 bridgehead atoms. The monoisotopic (exact) mass is 149 g/mol. The molecular weight excluding hydrogens is 142 g/mol. The number of phenols is 1. The smallest absolute Gasteiger partial charge is 0.133 e. The van der Waals surface area contributed by atoms with Crippen molar-refractivity contribution in [1.29, 1.82) is 5.26 Å². The molecule has 0 saturated heterocycles. The van der Waals surface area contributed by atoms with Crippen LogP contribution in [0.2, 0.25) is 0 Å². The van der Waals surface area contributed by atoms with E-state index >= 15 is 0 Å². The molecule has 3 heteroatoms. The van der Waals surface area contributed by atoms with E-state index in [4.69, 9.17) is 15.5 Å². The molecule has 56 valence electrons. The Labute approximate surface area is 64.1 Å². The second kappa shape index (κ2) is 3.04. The van der Waals surface area contributed by atoms with Gasteiger partial charge in [-0.1, -0.05) is 12.1 Å². The standard InChI is InChI=1S/C8H7NO2/c9-4-7-6(5-10)2-1-3-8(7)11/h1-3,10-11H,5H2. The summed E-state index contributed by atoms with van der Waals surface area (Å²) >= 11 is 0. The molecule has 0 saturated carbocycles. The minimum Gasteiger partial charge on any atom is -0.507 e. The van der Waals surface area contributed by atoms with E-state index in [1.165, 1.54) is 6.07 Å². The zero-order chi connectivity index (χ0) is 8.27. The van der Waals surface area contributed by atoms with Gasteiger partial charge in [-0.2, -0.15) is 5.26 Å². The van der Waals surface area contributed by atoms with Gasteiger partial charge in [-0.15, -0.1) is 0 Å². The molecule has 1 rings (SSSR count). The Morgan fingerprint density at radius 1 is 1.45 bits per heavy atom. The Hall–Kier alpha value is -1.53. The third-order valence-electron chi connectivity index (χ3n) is 1.41. The Balaban J connectivity index is 3.27. The van der Waals surface area contributed by atoms with E-state index in [2.05, 4.69) is 0 Å². The lowest BCUT2D eigenvalue weighted by Crippen LogP contribution is -1.88. The molecule has 0 aliphatic carbocycles. The fourth-order valence-electron chi connectivity index (χ4n) is 0.847. The second-order valence-corrected chi connectivity index (χ2v) is 2.08. The summed E-state index contributed by atoms with van der Waals surface area (Å²) in [7, 11) is 0. The molecule has 0 fully saturated rings. The molecule has 0 heterocycles. The molecule has 0 aromatic heterocycles. The number of phenolic OH excluding ortho intramolecular Hbond substituents is 1. The fraction of sp³-hybridized carbons (Fsp3) is 0.125. The highest BCUT2D eigenvalue weighted by molar-refractivity contribution is 5.47. The SMILES string of the molecule is N#Cc1c(O)cccc1CO. The first kappa shape index (κ1) is 7.58. The molecule has 0 aliphatic heterocycles. The summed E-state index contributed by atoms with van der Waals surface area (Å²) in [6.45, 7) is -0.225. The van der Waals surface area contributed by atoms with Crippen molar-refractivity contribution in [3.05, 3.63) is 29.3 Å². The average Bonchev–Trinajstić information content (AvgIpc) is 2.04. The molecule has 0 spiro atoms. The molecule has 0 atom stereocenters. The van der Waals surface area contributed by atoms with Gasteiger partial charge in [0.1, 0.15) is 11.8 Å². The molecule has 1 aromatic rings. The number of aliphatic hydroxyl groups excluding tert-OH is 1. The number of rotatable bonds is 1. The predicted octanol–water partition coefficient (Wildman–Crippen LogP) is 0.756. The van der Waals surface area contributed by atoms with Crippen LogP contribution in [-0.4, -0.2) is 10.2 Å². The van der Waals surface area contributed by atoms with Crippen LogP contribution in [0.15, 0.2) is 18.2 Å². The zero-order valence-electron chi connectivity index (χ0n) is 5.78.